The minimum absolute atomic E-state index is 0.285. The van der Waals surface area contributed by atoms with E-state index in [0.29, 0.717) is 27.9 Å². The number of ether oxygens (including phenoxy) is 1. The molecule has 1 amide bonds. The Bertz CT molecular complexity index is 968. The van der Waals surface area contributed by atoms with Gasteiger partial charge in [-0.25, -0.2) is 5.43 Å². The van der Waals surface area contributed by atoms with Crippen molar-refractivity contribution in [2.75, 3.05) is 6.61 Å². The molecule has 0 spiro atoms. The van der Waals surface area contributed by atoms with E-state index in [-0.39, 0.29) is 5.69 Å². The number of halogens is 2. The van der Waals surface area contributed by atoms with Gasteiger partial charge >= 0.3 is 0 Å². The normalized spacial score (nSPS) is 10.9. The van der Waals surface area contributed by atoms with Gasteiger partial charge in [-0.05, 0) is 43.3 Å². The number of amides is 1. The number of nitrogens with one attached hydrogen (secondary N) is 2. The second-order valence-corrected chi connectivity index (χ2v) is 6.25. The van der Waals surface area contributed by atoms with Gasteiger partial charge in [0.25, 0.3) is 5.91 Å². The van der Waals surface area contributed by atoms with Crippen LogP contribution >= 0.6 is 23.2 Å². The molecule has 0 aliphatic carbocycles. The van der Waals surface area contributed by atoms with E-state index in [0.717, 1.165) is 11.3 Å². The van der Waals surface area contributed by atoms with Crippen molar-refractivity contribution in [2.24, 2.45) is 5.10 Å². The van der Waals surface area contributed by atoms with E-state index >= 15 is 0 Å². The van der Waals surface area contributed by atoms with Crippen LogP contribution in [-0.4, -0.2) is 28.9 Å². The van der Waals surface area contributed by atoms with Crippen molar-refractivity contribution in [3.8, 4) is 17.0 Å². The fourth-order valence-corrected chi connectivity index (χ4v) is 2.67. The zero-order valence-electron chi connectivity index (χ0n) is 14.4. The van der Waals surface area contributed by atoms with E-state index in [1.54, 1.807) is 24.3 Å². The van der Waals surface area contributed by atoms with E-state index < -0.39 is 5.91 Å². The lowest BCUT2D eigenvalue weighted by molar-refractivity contribution is 0.0950. The molecule has 3 rings (SSSR count). The summed E-state index contributed by atoms with van der Waals surface area (Å²) < 4.78 is 5.41. The Morgan fingerprint density at radius 3 is 2.78 bits per heavy atom. The number of benzene rings is 2. The highest BCUT2D eigenvalue weighted by molar-refractivity contribution is 6.43. The molecule has 27 heavy (non-hydrogen) atoms. The first-order valence-electron chi connectivity index (χ1n) is 8.14. The summed E-state index contributed by atoms with van der Waals surface area (Å²) in [6.45, 7) is 2.53. The summed E-state index contributed by atoms with van der Waals surface area (Å²) in [5.74, 6) is 0.359. The van der Waals surface area contributed by atoms with E-state index in [1.807, 2.05) is 31.2 Å². The Kier molecular flexibility index (Phi) is 6.11. The van der Waals surface area contributed by atoms with Gasteiger partial charge in [0.15, 0.2) is 0 Å². The third-order valence-electron chi connectivity index (χ3n) is 3.63. The van der Waals surface area contributed by atoms with Crippen LogP contribution in [0.1, 0.15) is 23.0 Å². The molecule has 8 heteroatoms. The standard InChI is InChI=1S/C19H16Cl2N4O2/c1-2-27-14-8-6-12(7-9-14)16-10-17(24-23-16)19(26)25-22-11-13-4-3-5-15(20)18(13)21/h3-11H,2H2,1H3,(H,23,24)(H,25,26)/b22-11-. The molecule has 0 aliphatic rings. The predicted molar refractivity (Wildman–Crippen MR) is 107 cm³/mol. The molecular weight excluding hydrogens is 387 g/mol. The maximum atomic E-state index is 12.2. The topological polar surface area (TPSA) is 79.4 Å². The summed E-state index contributed by atoms with van der Waals surface area (Å²) in [6.07, 6.45) is 1.43. The van der Waals surface area contributed by atoms with Gasteiger partial charge in [-0.15, -0.1) is 0 Å². The molecule has 6 nitrogen and oxygen atoms in total. The molecule has 138 valence electrons. The van der Waals surface area contributed by atoms with E-state index in [2.05, 4.69) is 20.7 Å². The predicted octanol–water partition coefficient (Wildman–Crippen LogP) is 4.55. The molecule has 0 fully saturated rings. The first kappa shape index (κ1) is 18.9. The van der Waals surface area contributed by atoms with Crippen LogP contribution in [0.15, 0.2) is 53.6 Å². The molecule has 0 saturated carbocycles. The average Bonchev–Trinajstić information content (AvgIpc) is 3.16. The van der Waals surface area contributed by atoms with Crippen LogP contribution in [0.2, 0.25) is 10.0 Å². The second-order valence-electron chi connectivity index (χ2n) is 5.47. The minimum Gasteiger partial charge on any atom is -0.494 e. The number of aromatic amines is 1. The molecule has 2 aromatic carbocycles. The van der Waals surface area contributed by atoms with Crippen LogP contribution < -0.4 is 10.2 Å². The number of hydrogen-bond acceptors (Lipinski definition) is 4. The number of aromatic nitrogens is 2. The maximum absolute atomic E-state index is 12.2. The first-order chi connectivity index (χ1) is 13.1. The maximum Gasteiger partial charge on any atom is 0.289 e. The Balaban J connectivity index is 1.66. The lowest BCUT2D eigenvalue weighted by Crippen LogP contribution is -2.18. The van der Waals surface area contributed by atoms with Crippen LogP contribution in [0, 0.1) is 0 Å². The van der Waals surface area contributed by atoms with Gasteiger partial charge < -0.3 is 4.74 Å². The monoisotopic (exact) mass is 402 g/mol. The fraction of sp³-hybridized carbons (Fsp3) is 0.105. The third-order valence-corrected chi connectivity index (χ3v) is 4.47. The lowest BCUT2D eigenvalue weighted by atomic mass is 10.1. The third kappa shape index (κ3) is 4.67. The van der Waals surface area contributed by atoms with Crippen LogP contribution in [-0.2, 0) is 0 Å². The minimum atomic E-state index is -0.422. The van der Waals surface area contributed by atoms with Crippen molar-refractivity contribution < 1.29 is 9.53 Å². The zero-order valence-corrected chi connectivity index (χ0v) is 15.9. The van der Waals surface area contributed by atoms with Gasteiger partial charge in [-0.2, -0.15) is 10.2 Å². The number of hydrazone groups is 1. The van der Waals surface area contributed by atoms with Crippen LogP contribution in [0.25, 0.3) is 11.3 Å². The van der Waals surface area contributed by atoms with Crippen molar-refractivity contribution in [3.05, 3.63) is 69.8 Å². The summed E-state index contributed by atoms with van der Waals surface area (Å²) in [6, 6.07) is 14.3. The quantitative estimate of drug-likeness (QED) is 0.468. The van der Waals surface area contributed by atoms with Gasteiger partial charge in [0.1, 0.15) is 11.4 Å². The van der Waals surface area contributed by atoms with Crippen molar-refractivity contribution >= 4 is 35.3 Å². The number of nitrogens with zero attached hydrogens (tertiary/aromatic N) is 2. The second kappa shape index (κ2) is 8.70. The largest absolute Gasteiger partial charge is 0.494 e. The Hall–Kier alpha value is -2.83. The number of rotatable bonds is 6. The van der Waals surface area contributed by atoms with Gasteiger partial charge in [0.2, 0.25) is 0 Å². The van der Waals surface area contributed by atoms with Gasteiger partial charge in [-0.3, -0.25) is 9.89 Å². The molecule has 0 aliphatic heterocycles. The molecule has 0 bridgehead atoms. The fourth-order valence-electron chi connectivity index (χ4n) is 2.32. The van der Waals surface area contributed by atoms with Gasteiger partial charge in [0.05, 0.1) is 28.6 Å². The molecule has 1 aromatic heterocycles. The summed E-state index contributed by atoms with van der Waals surface area (Å²) in [5, 5.41) is 11.5. The molecule has 0 saturated heterocycles. The summed E-state index contributed by atoms with van der Waals surface area (Å²) in [7, 11) is 0. The molecule has 0 radical (unpaired) electrons. The van der Waals surface area contributed by atoms with E-state index in [4.69, 9.17) is 27.9 Å². The number of hydrogen-bond donors (Lipinski definition) is 2. The van der Waals surface area contributed by atoms with E-state index in [1.165, 1.54) is 6.21 Å². The highest BCUT2D eigenvalue weighted by Gasteiger charge is 2.10. The SMILES string of the molecule is CCOc1ccc(-c2cc(C(=O)N/N=C\c3cccc(Cl)c3Cl)[nH]n2)cc1. The molecule has 3 aromatic rings. The highest BCUT2D eigenvalue weighted by atomic mass is 35.5. The Labute approximate surface area is 166 Å². The van der Waals surface area contributed by atoms with Gasteiger partial charge in [-0.1, -0.05) is 35.3 Å². The smallest absolute Gasteiger partial charge is 0.289 e. The molecule has 0 atom stereocenters. The first-order valence-corrected chi connectivity index (χ1v) is 8.90. The Morgan fingerprint density at radius 1 is 1.26 bits per heavy atom. The molecule has 1 heterocycles. The summed E-state index contributed by atoms with van der Waals surface area (Å²) in [5.41, 5.74) is 4.82. The van der Waals surface area contributed by atoms with E-state index in [9.17, 15) is 4.79 Å². The Morgan fingerprint density at radius 2 is 2.04 bits per heavy atom. The van der Waals surface area contributed by atoms with Crippen LogP contribution in [0.5, 0.6) is 5.75 Å². The molecule has 2 N–H and O–H groups in total. The van der Waals surface area contributed by atoms with Crippen molar-refractivity contribution in [3.63, 3.8) is 0 Å². The molecular formula is C19H16Cl2N4O2. The number of carbonyl (C=O) groups excluding carboxylic acids is 1. The van der Waals surface area contributed by atoms with Crippen LogP contribution in [0.4, 0.5) is 0 Å². The number of carbonyl (C=O) groups is 1. The zero-order chi connectivity index (χ0) is 19.2. The van der Waals surface area contributed by atoms with Crippen LogP contribution in [0.3, 0.4) is 0 Å². The average molecular weight is 403 g/mol. The summed E-state index contributed by atoms with van der Waals surface area (Å²) >= 11 is 12.0. The lowest BCUT2D eigenvalue weighted by Gasteiger charge is -2.02. The van der Waals surface area contributed by atoms with Crippen molar-refractivity contribution in [1.29, 1.82) is 0 Å². The summed E-state index contributed by atoms with van der Waals surface area (Å²) in [4.78, 5) is 12.2. The number of H-pyrrole nitrogens is 1. The van der Waals surface area contributed by atoms with Crippen molar-refractivity contribution in [2.45, 2.75) is 6.92 Å². The highest BCUT2D eigenvalue weighted by Crippen LogP contribution is 2.24. The van der Waals surface area contributed by atoms with Gasteiger partial charge in [0, 0.05) is 11.1 Å². The molecule has 0 unspecified atom stereocenters. The van der Waals surface area contributed by atoms with Crippen molar-refractivity contribution in [1.82, 2.24) is 15.6 Å².